The van der Waals surface area contributed by atoms with E-state index < -0.39 is 22.4 Å². The van der Waals surface area contributed by atoms with Crippen LogP contribution in [0.15, 0.2) is 18.2 Å². The normalized spacial score (nSPS) is 19.7. The molecule has 0 aromatic heterocycles. The summed E-state index contributed by atoms with van der Waals surface area (Å²) in [5, 5.41) is 13.8. The fourth-order valence-electron chi connectivity index (χ4n) is 2.46. The van der Waals surface area contributed by atoms with Gasteiger partial charge in [0.2, 0.25) is 0 Å². The van der Waals surface area contributed by atoms with E-state index in [-0.39, 0.29) is 5.69 Å². The summed E-state index contributed by atoms with van der Waals surface area (Å²) in [5.74, 6) is 0.344. The van der Waals surface area contributed by atoms with Crippen molar-refractivity contribution in [3.63, 3.8) is 0 Å². The topological polar surface area (TPSA) is 58.4 Å². The smallest absolute Gasteiger partial charge is 0.379 e. The molecule has 1 aromatic rings. The van der Waals surface area contributed by atoms with Crippen LogP contribution in [-0.4, -0.2) is 36.5 Å². The molecule has 21 heavy (non-hydrogen) atoms. The van der Waals surface area contributed by atoms with Crippen molar-refractivity contribution < 1.29 is 18.1 Å². The lowest BCUT2D eigenvalue weighted by atomic mass is 10.1. The first kappa shape index (κ1) is 15.6. The van der Waals surface area contributed by atoms with Gasteiger partial charge in [0, 0.05) is 19.2 Å². The molecule has 1 aliphatic rings. The molecule has 0 aliphatic carbocycles. The third kappa shape index (κ3) is 3.84. The highest BCUT2D eigenvalue weighted by Gasteiger charge is 2.33. The van der Waals surface area contributed by atoms with Gasteiger partial charge in [-0.15, -0.1) is 0 Å². The molecule has 1 heterocycles. The van der Waals surface area contributed by atoms with Crippen molar-refractivity contribution in [3.8, 4) is 0 Å². The molecule has 1 aliphatic heterocycles. The van der Waals surface area contributed by atoms with Crippen molar-refractivity contribution in [2.75, 3.05) is 32.0 Å². The van der Waals surface area contributed by atoms with E-state index in [2.05, 4.69) is 10.2 Å². The highest BCUT2D eigenvalue weighted by atomic mass is 19.4. The van der Waals surface area contributed by atoms with Crippen LogP contribution in [0.4, 0.5) is 24.5 Å². The zero-order chi connectivity index (χ0) is 15.6. The maximum Gasteiger partial charge on any atom is 0.416 e. The molecule has 8 heteroatoms. The Morgan fingerprint density at radius 1 is 1.48 bits per heavy atom. The van der Waals surface area contributed by atoms with Gasteiger partial charge in [-0.2, -0.15) is 13.2 Å². The SMILES string of the molecule is CN1CCC(CNc2ccc(C(F)(F)F)cc2[N+](=O)[O-])C1. The number of rotatable bonds is 4. The molecule has 1 atom stereocenters. The zero-order valence-electron chi connectivity index (χ0n) is 11.5. The number of benzene rings is 1. The van der Waals surface area contributed by atoms with Gasteiger partial charge in [-0.05, 0) is 38.1 Å². The molecule has 1 saturated heterocycles. The number of anilines is 1. The lowest BCUT2D eigenvalue weighted by Gasteiger charge is -2.14. The van der Waals surface area contributed by atoms with Crippen LogP contribution in [0, 0.1) is 16.0 Å². The molecule has 1 aromatic carbocycles. The summed E-state index contributed by atoms with van der Waals surface area (Å²) in [6.45, 7) is 2.35. The van der Waals surface area contributed by atoms with Gasteiger partial charge < -0.3 is 10.2 Å². The van der Waals surface area contributed by atoms with Crippen molar-refractivity contribution in [2.45, 2.75) is 12.6 Å². The first-order valence-corrected chi connectivity index (χ1v) is 6.55. The standard InChI is InChI=1S/C13H16F3N3O2/c1-18-5-4-9(8-18)7-17-11-3-2-10(13(14,15)16)6-12(11)19(20)21/h2-3,6,9,17H,4-5,7-8H2,1H3. The van der Waals surface area contributed by atoms with Gasteiger partial charge in [0.1, 0.15) is 5.69 Å². The third-order valence-electron chi connectivity index (χ3n) is 3.59. The summed E-state index contributed by atoms with van der Waals surface area (Å²) >= 11 is 0. The Labute approximate surface area is 119 Å². The Hall–Kier alpha value is -1.83. The Bertz CT molecular complexity index is 534. The molecule has 1 unspecified atom stereocenters. The molecule has 0 radical (unpaired) electrons. The van der Waals surface area contributed by atoms with Gasteiger partial charge in [0.25, 0.3) is 5.69 Å². The van der Waals surface area contributed by atoms with Gasteiger partial charge in [-0.1, -0.05) is 0 Å². The molecule has 5 nitrogen and oxygen atoms in total. The lowest BCUT2D eigenvalue weighted by Crippen LogP contribution is -2.19. The van der Waals surface area contributed by atoms with Crippen LogP contribution in [-0.2, 0) is 6.18 Å². The quantitative estimate of drug-likeness (QED) is 0.686. The van der Waals surface area contributed by atoms with Gasteiger partial charge in [-0.25, -0.2) is 0 Å². The number of hydrogen-bond acceptors (Lipinski definition) is 4. The van der Waals surface area contributed by atoms with E-state index in [1.54, 1.807) is 0 Å². The minimum atomic E-state index is -4.59. The van der Waals surface area contributed by atoms with E-state index in [9.17, 15) is 23.3 Å². The second-order valence-electron chi connectivity index (χ2n) is 5.28. The second-order valence-corrected chi connectivity index (χ2v) is 5.28. The van der Waals surface area contributed by atoms with Crippen molar-refractivity contribution >= 4 is 11.4 Å². The first-order valence-electron chi connectivity index (χ1n) is 6.55. The molecular formula is C13H16F3N3O2. The third-order valence-corrected chi connectivity index (χ3v) is 3.59. The van der Waals surface area contributed by atoms with Crippen LogP contribution in [0.25, 0.3) is 0 Å². The predicted octanol–water partition coefficient (Wildman–Crippen LogP) is 2.98. The second kappa shape index (κ2) is 5.88. The number of nitro groups is 1. The average molecular weight is 303 g/mol. The number of halogens is 3. The number of nitro benzene ring substituents is 1. The predicted molar refractivity (Wildman–Crippen MR) is 72.2 cm³/mol. The number of nitrogens with zero attached hydrogens (tertiary/aromatic N) is 2. The molecule has 116 valence electrons. The van der Waals surface area contributed by atoms with E-state index in [0.717, 1.165) is 31.6 Å². The van der Waals surface area contributed by atoms with Crippen molar-refractivity contribution in [3.05, 3.63) is 33.9 Å². The van der Waals surface area contributed by atoms with E-state index in [4.69, 9.17) is 0 Å². The fourth-order valence-corrected chi connectivity index (χ4v) is 2.46. The summed E-state index contributed by atoms with van der Waals surface area (Å²) in [7, 11) is 1.99. The van der Waals surface area contributed by atoms with E-state index >= 15 is 0 Å². The molecule has 0 saturated carbocycles. The minimum absolute atomic E-state index is 0.127. The number of nitrogens with one attached hydrogen (secondary N) is 1. The summed E-state index contributed by atoms with van der Waals surface area (Å²) < 4.78 is 37.8. The molecule has 1 N–H and O–H groups in total. The van der Waals surface area contributed by atoms with Crippen LogP contribution in [0.1, 0.15) is 12.0 Å². The summed E-state index contributed by atoms with van der Waals surface area (Å²) in [4.78, 5) is 12.3. The average Bonchev–Trinajstić information content (AvgIpc) is 2.80. The Kier molecular flexibility index (Phi) is 4.36. The molecule has 2 rings (SSSR count). The summed E-state index contributed by atoms with van der Waals surface area (Å²) in [6, 6.07) is 2.55. The minimum Gasteiger partial charge on any atom is -0.379 e. The van der Waals surface area contributed by atoms with Crippen LogP contribution in [0.3, 0.4) is 0 Å². The fraction of sp³-hybridized carbons (Fsp3) is 0.538. The largest absolute Gasteiger partial charge is 0.416 e. The van der Waals surface area contributed by atoms with E-state index in [0.29, 0.717) is 18.5 Å². The van der Waals surface area contributed by atoms with Gasteiger partial charge in [-0.3, -0.25) is 10.1 Å². The number of hydrogen-bond donors (Lipinski definition) is 1. The van der Waals surface area contributed by atoms with Crippen molar-refractivity contribution in [1.29, 1.82) is 0 Å². The van der Waals surface area contributed by atoms with Gasteiger partial charge in [0.15, 0.2) is 0 Å². The monoisotopic (exact) mass is 303 g/mol. The van der Waals surface area contributed by atoms with Crippen LogP contribution in [0.2, 0.25) is 0 Å². The van der Waals surface area contributed by atoms with Crippen LogP contribution >= 0.6 is 0 Å². The zero-order valence-corrected chi connectivity index (χ0v) is 11.5. The van der Waals surface area contributed by atoms with Crippen LogP contribution in [0.5, 0.6) is 0 Å². The maximum absolute atomic E-state index is 12.6. The van der Waals surface area contributed by atoms with Crippen molar-refractivity contribution in [1.82, 2.24) is 4.90 Å². The van der Waals surface area contributed by atoms with E-state index in [1.165, 1.54) is 0 Å². The molecule has 1 fully saturated rings. The number of alkyl halides is 3. The Morgan fingerprint density at radius 2 is 2.19 bits per heavy atom. The highest BCUT2D eigenvalue weighted by Crippen LogP contribution is 2.35. The molecular weight excluding hydrogens is 287 g/mol. The molecule has 0 spiro atoms. The Balaban J connectivity index is 2.13. The highest BCUT2D eigenvalue weighted by molar-refractivity contribution is 5.63. The molecule has 0 bridgehead atoms. The molecule has 0 amide bonds. The Morgan fingerprint density at radius 3 is 2.71 bits per heavy atom. The number of likely N-dealkylation sites (tertiary alicyclic amines) is 1. The summed E-state index contributed by atoms with van der Waals surface area (Å²) in [6.07, 6.45) is -3.62. The summed E-state index contributed by atoms with van der Waals surface area (Å²) in [5.41, 5.74) is -1.43. The first-order chi connectivity index (χ1) is 9.77. The van der Waals surface area contributed by atoms with Gasteiger partial charge >= 0.3 is 6.18 Å². The van der Waals surface area contributed by atoms with Crippen molar-refractivity contribution in [2.24, 2.45) is 5.92 Å². The maximum atomic E-state index is 12.6. The van der Waals surface area contributed by atoms with Crippen LogP contribution < -0.4 is 5.32 Å². The van der Waals surface area contributed by atoms with E-state index in [1.807, 2.05) is 7.05 Å². The van der Waals surface area contributed by atoms with Gasteiger partial charge in [0.05, 0.1) is 10.5 Å². The lowest BCUT2D eigenvalue weighted by molar-refractivity contribution is -0.384.